The fourth-order valence-electron chi connectivity index (χ4n) is 1.77. The molecule has 1 N–H and O–H groups in total. The maximum absolute atomic E-state index is 11.3. The Labute approximate surface area is 129 Å². The van der Waals surface area contributed by atoms with Crippen LogP contribution in [0.4, 0.5) is 0 Å². The lowest BCUT2D eigenvalue weighted by molar-refractivity contribution is 0.0659. The predicted molar refractivity (Wildman–Crippen MR) is 80.3 cm³/mol. The molecule has 20 heavy (non-hydrogen) atoms. The summed E-state index contributed by atoms with van der Waals surface area (Å²) in [6.07, 6.45) is 0. The van der Waals surface area contributed by atoms with Crippen LogP contribution in [-0.4, -0.2) is 16.1 Å². The Morgan fingerprint density at radius 3 is 2.45 bits per heavy atom. The maximum Gasteiger partial charge on any atom is 0.373 e. The first-order valence-electron chi connectivity index (χ1n) is 5.89. The van der Waals surface area contributed by atoms with E-state index in [1.165, 1.54) is 0 Å². The zero-order valence-corrected chi connectivity index (χ0v) is 13.5. The maximum atomic E-state index is 11.3. The van der Waals surface area contributed by atoms with Gasteiger partial charge in [-0.3, -0.25) is 0 Å². The zero-order chi connectivity index (χ0) is 15.1. The second-order valence-corrected chi connectivity index (χ2v) is 6.76. The van der Waals surface area contributed by atoms with E-state index in [1.54, 1.807) is 18.2 Å². The Kier molecular flexibility index (Phi) is 3.93. The molecule has 0 saturated heterocycles. The Balaban J connectivity index is 2.62. The first-order valence-corrected chi connectivity index (χ1v) is 7.06. The van der Waals surface area contributed by atoms with Crippen LogP contribution in [-0.2, 0) is 5.41 Å². The summed E-state index contributed by atoms with van der Waals surface area (Å²) in [6.45, 7) is 5.65. The number of carboxylic acid groups (broad SMARTS) is 1. The van der Waals surface area contributed by atoms with Gasteiger partial charge >= 0.3 is 5.97 Å². The number of halogens is 2. The quantitative estimate of drug-likeness (QED) is 0.841. The van der Waals surface area contributed by atoms with Crippen molar-refractivity contribution in [3.63, 3.8) is 0 Å². The standard InChI is InChI=1S/C14H13BrClNO3/c1-14(2,3)11-10(13(18)19)20-12(17-11)7-4-8(15)6-9(16)5-7/h4-6H,1-3H3,(H,18,19). The molecule has 1 aromatic heterocycles. The van der Waals surface area contributed by atoms with Gasteiger partial charge in [-0.1, -0.05) is 48.3 Å². The van der Waals surface area contributed by atoms with Crippen LogP contribution in [0, 0.1) is 0 Å². The van der Waals surface area contributed by atoms with Crippen molar-refractivity contribution in [2.24, 2.45) is 0 Å². The highest BCUT2D eigenvalue weighted by molar-refractivity contribution is 9.10. The molecule has 0 saturated carbocycles. The molecule has 0 radical (unpaired) electrons. The minimum atomic E-state index is -1.13. The zero-order valence-electron chi connectivity index (χ0n) is 11.2. The van der Waals surface area contributed by atoms with Crippen LogP contribution in [0.5, 0.6) is 0 Å². The second kappa shape index (κ2) is 5.22. The van der Waals surface area contributed by atoms with Gasteiger partial charge in [0.1, 0.15) is 5.69 Å². The van der Waals surface area contributed by atoms with Crippen LogP contribution >= 0.6 is 27.5 Å². The summed E-state index contributed by atoms with van der Waals surface area (Å²) in [5.74, 6) is -1.02. The number of hydrogen-bond donors (Lipinski definition) is 1. The summed E-state index contributed by atoms with van der Waals surface area (Å²) in [6, 6.07) is 5.18. The van der Waals surface area contributed by atoms with Crippen LogP contribution in [0.3, 0.4) is 0 Å². The highest BCUT2D eigenvalue weighted by atomic mass is 79.9. The molecule has 2 aromatic rings. The van der Waals surface area contributed by atoms with E-state index < -0.39 is 11.4 Å². The molecule has 0 amide bonds. The van der Waals surface area contributed by atoms with E-state index >= 15 is 0 Å². The van der Waals surface area contributed by atoms with Crippen molar-refractivity contribution in [1.29, 1.82) is 0 Å². The van der Waals surface area contributed by atoms with Crippen molar-refractivity contribution in [2.75, 3.05) is 0 Å². The number of aromatic nitrogens is 1. The molecule has 0 aliphatic rings. The molecular weight excluding hydrogens is 346 g/mol. The molecule has 0 aliphatic carbocycles. The van der Waals surface area contributed by atoms with Gasteiger partial charge in [0.2, 0.25) is 11.7 Å². The first-order chi connectivity index (χ1) is 9.18. The third kappa shape index (κ3) is 3.04. The number of nitrogens with zero attached hydrogens (tertiary/aromatic N) is 1. The van der Waals surface area contributed by atoms with E-state index in [4.69, 9.17) is 16.0 Å². The van der Waals surface area contributed by atoms with E-state index in [1.807, 2.05) is 20.8 Å². The number of hydrogen-bond acceptors (Lipinski definition) is 3. The molecule has 0 fully saturated rings. The highest BCUT2D eigenvalue weighted by Gasteiger charge is 2.29. The molecule has 0 bridgehead atoms. The van der Waals surface area contributed by atoms with Crippen LogP contribution < -0.4 is 0 Å². The number of rotatable bonds is 2. The van der Waals surface area contributed by atoms with Crippen LogP contribution in [0.2, 0.25) is 5.02 Å². The van der Waals surface area contributed by atoms with Gasteiger partial charge in [-0.15, -0.1) is 0 Å². The van der Waals surface area contributed by atoms with Crippen molar-refractivity contribution < 1.29 is 14.3 Å². The summed E-state index contributed by atoms with van der Waals surface area (Å²) < 4.78 is 6.18. The summed E-state index contributed by atoms with van der Waals surface area (Å²) in [7, 11) is 0. The summed E-state index contributed by atoms with van der Waals surface area (Å²) in [5, 5.41) is 9.74. The van der Waals surface area contributed by atoms with E-state index in [-0.39, 0.29) is 11.7 Å². The molecule has 1 aromatic carbocycles. The van der Waals surface area contributed by atoms with Crippen LogP contribution in [0.25, 0.3) is 11.5 Å². The summed E-state index contributed by atoms with van der Waals surface area (Å²) >= 11 is 9.32. The van der Waals surface area contributed by atoms with Crippen LogP contribution in [0.15, 0.2) is 27.1 Å². The Morgan fingerprint density at radius 2 is 2.00 bits per heavy atom. The topological polar surface area (TPSA) is 63.3 Å². The molecule has 0 spiro atoms. The minimum absolute atomic E-state index is 0.136. The fourth-order valence-corrected chi connectivity index (χ4v) is 2.63. The summed E-state index contributed by atoms with van der Waals surface area (Å²) in [5.41, 5.74) is 0.615. The minimum Gasteiger partial charge on any atom is -0.475 e. The summed E-state index contributed by atoms with van der Waals surface area (Å²) in [4.78, 5) is 15.6. The smallest absolute Gasteiger partial charge is 0.373 e. The second-order valence-electron chi connectivity index (χ2n) is 5.41. The van der Waals surface area contributed by atoms with Gasteiger partial charge in [-0.25, -0.2) is 9.78 Å². The highest BCUT2D eigenvalue weighted by Crippen LogP contribution is 2.32. The number of benzene rings is 1. The molecule has 0 unspecified atom stereocenters. The van der Waals surface area contributed by atoms with Gasteiger partial charge in [0.05, 0.1) is 0 Å². The third-order valence-corrected chi connectivity index (χ3v) is 3.32. The normalized spacial score (nSPS) is 11.7. The van der Waals surface area contributed by atoms with Crippen molar-refractivity contribution in [3.8, 4) is 11.5 Å². The van der Waals surface area contributed by atoms with Gasteiger partial charge in [0, 0.05) is 20.5 Å². The molecule has 6 heteroatoms. The Morgan fingerprint density at radius 1 is 1.35 bits per heavy atom. The third-order valence-electron chi connectivity index (χ3n) is 2.64. The molecule has 0 aliphatic heterocycles. The average Bonchev–Trinajstić information content (AvgIpc) is 2.71. The van der Waals surface area contributed by atoms with Gasteiger partial charge in [0.15, 0.2) is 0 Å². The Hall–Kier alpha value is -1.33. The van der Waals surface area contributed by atoms with E-state index in [0.29, 0.717) is 16.3 Å². The lowest BCUT2D eigenvalue weighted by Gasteiger charge is -2.14. The van der Waals surface area contributed by atoms with Crippen molar-refractivity contribution in [1.82, 2.24) is 4.98 Å². The fraction of sp³-hybridized carbons (Fsp3) is 0.286. The molecule has 4 nitrogen and oxygen atoms in total. The van der Waals surface area contributed by atoms with Gasteiger partial charge in [-0.05, 0) is 18.2 Å². The largest absolute Gasteiger partial charge is 0.475 e. The lowest BCUT2D eigenvalue weighted by atomic mass is 9.91. The van der Waals surface area contributed by atoms with Gasteiger partial charge < -0.3 is 9.52 Å². The van der Waals surface area contributed by atoms with E-state index in [9.17, 15) is 9.90 Å². The van der Waals surface area contributed by atoms with Crippen molar-refractivity contribution in [3.05, 3.63) is 39.1 Å². The average molecular weight is 359 g/mol. The predicted octanol–water partition coefficient (Wildman–Crippen LogP) is 4.75. The lowest BCUT2D eigenvalue weighted by Crippen LogP contribution is -2.16. The monoisotopic (exact) mass is 357 g/mol. The van der Waals surface area contributed by atoms with Gasteiger partial charge in [-0.2, -0.15) is 0 Å². The molecular formula is C14H13BrClNO3. The Bertz CT molecular complexity index is 653. The molecule has 1 heterocycles. The SMILES string of the molecule is CC(C)(C)c1nc(-c2cc(Cl)cc(Br)c2)oc1C(=O)O. The van der Waals surface area contributed by atoms with E-state index in [2.05, 4.69) is 20.9 Å². The molecule has 106 valence electrons. The number of aromatic carboxylic acids is 1. The van der Waals surface area contributed by atoms with E-state index in [0.717, 1.165) is 4.47 Å². The van der Waals surface area contributed by atoms with Crippen molar-refractivity contribution >= 4 is 33.5 Å². The van der Waals surface area contributed by atoms with Crippen LogP contribution in [0.1, 0.15) is 37.0 Å². The molecule has 2 rings (SSSR count). The first kappa shape index (κ1) is 15.1. The molecule has 0 atom stereocenters. The number of carboxylic acids is 1. The number of oxazole rings is 1. The van der Waals surface area contributed by atoms with Gasteiger partial charge in [0.25, 0.3) is 0 Å². The van der Waals surface area contributed by atoms with Crippen molar-refractivity contribution in [2.45, 2.75) is 26.2 Å². The number of carbonyl (C=O) groups is 1.